The SMILES string of the molecule is Cc1oc(-n2c(C)cc(/C=C(\C#N)c3nc4ccc(C(=O)NCCN(C)C)cc4[nH]3)c2C)c(C#N)c1C. The van der Waals surface area contributed by atoms with Gasteiger partial charge in [0.15, 0.2) is 0 Å². The van der Waals surface area contributed by atoms with E-state index in [4.69, 9.17) is 4.42 Å². The molecule has 4 rings (SSSR count). The van der Waals surface area contributed by atoms with E-state index in [1.54, 1.807) is 24.3 Å². The highest BCUT2D eigenvalue weighted by Gasteiger charge is 2.21. The number of nitriles is 2. The Balaban J connectivity index is 1.67. The molecule has 0 spiro atoms. The van der Waals surface area contributed by atoms with Gasteiger partial charge in [0.05, 0.1) is 16.6 Å². The minimum absolute atomic E-state index is 0.163. The van der Waals surface area contributed by atoms with Crippen LogP contribution in [0, 0.1) is 50.4 Å². The predicted octanol–water partition coefficient (Wildman–Crippen LogP) is 4.41. The maximum atomic E-state index is 12.5. The van der Waals surface area contributed by atoms with E-state index >= 15 is 0 Å². The van der Waals surface area contributed by atoms with Crippen LogP contribution in [0.5, 0.6) is 0 Å². The number of hydrogen-bond acceptors (Lipinski definition) is 6. The summed E-state index contributed by atoms with van der Waals surface area (Å²) in [6.07, 6.45) is 1.76. The van der Waals surface area contributed by atoms with Gasteiger partial charge in [-0.05, 0) is 77.7 Å². The molecule has 0 bridgehead atoms. The van der Waals surface area contributed by atoms with Crippen LogP contribution in [0.1, 0.15) is 50.0 Å². The van der Waals surface area contributed by atoms with Crippen LogP contribution in [0.25, 0.3) is 28.6 Å². The van der Waals surface area contributed by atoms with Gasteiger partial charge in [0.25, 0.3) is 5.91 Å². The second-order valence-electron chi connectivity index (χ2n) is 9.28. The first-order valence-electron chi connectivity index (χ1n) is 11.9. The van der Waals surface area contributed by atoms with Crippen LogP contribution in [0.3, 0.4) is 0 Å². The van der Waals surface area contributed by atoms with Gasteiger partial charge in [0.1, 0.15) is 29.3 Å². The summed E-state index contributed by atoms with van der Waals surface area (Å²) in [4.78, 5) is 22.3. The minimum Gasteiger partial charge on any atom is -0.443 e. The van der Waals surface area contributed by atoms with Crippen molar-refractivity contribution in [1.29, 1.82) is 10.5 Å². The van der Waals surface area contributed by atoms with E-state index in [1.165, 1.54) is 0 Å². The molecule has 1 aromatic carbocycles. The number of furan rings is 1. The number of hydrogen-bond donors (Lipinski definition) is 2. The molecule has 9 nitrogen and oxygen atoms in total. The van der Waals surface area contributed by atoms with Gasteiger partial charge in [-0.15, -0.1) is 0 Å². The number of aromatic amines is 1. The molecule has 3 aromatic heterocycles. The lowest BCUT2D eigenvalue weighted by Gasteiger charge is -2.10. The van der Waals surface area contributed by atoms with Crippen LogP contribution in [0.15, 0.2) is 28.7 Å². The Kier molecular flexibility index (Phi) is 7.01. The summed E-state index contributed by atoms with van der Waals surface area (Å²) in [6.45, 7) is 8.84. The van der Waals surface area contributed by atoms with E-state index in [9.17, 15) is 15.3 Å². The highest BCUT2D eigenvalue weighted by atomic mass is 16.4. The van der Waals surface area contributed by atoms with Crippen LogP contribution in [0.2, 0.25) is 0 Å². The summed E-state index contributed by atoms with van der Waals surface area (Å²) in [7, 11) is 3.90. The Hall–Kier alpha value is -4.60. The van der Waals surface area contributed by atoms with Crippen molar-refractivity contribution in [3.8, 4) is 18.0 Å². The monoisotopic (exact) mass is 495 g/mol. The number of imidazole rings is 1. The number of nitrogens with zero attached hydrogens (tertiary/aromatic N) is 5. The first-order valence-corrected chi connectivity index (χ1v) is 11.9. The highest BCUT2D eigenvalue weighted by Crippen LogP contribution is 2.30. The first-order chi connectivity index (χ1) is 17.6. The fourth-order valence-corrected chi connectivity index (χ4v) is 4.23. The second kappa shape index (κ2) is 10.2. The Morgan fingerprint density at radius 2 is 1.97 bits per heavy atom. The number of carbonyl (C=O) groups is 1. The lowest BCUT2D eigenvalue weighted by atomic mass is 10.1. The molecule has 1 amide bonds. The van der Waals surface area contributed by atoms with Crippen LogP contribution in [0.4, 0.5) is 0 Å². The van der Waals surface area contributed by atoms with Gasteiger partial charge in [0.2, 0.25) is 5.88 Å². The van der Waals surface area contributed by atoms with E-state index in [0.717, 1.165) is 29.1 Å². The predicted molar refractivity (Wildman–Crippen MR) is 142 cm³/mol. The molecular weight excluding hydrogens is 466 g/mol. The summed E-state index contributed by atoms with van der Waals surface area (Å²) in [5.41, 5.74) is 6.02. The number of carbonyl (C=O) groups excluding carboxylic acids is 1. The number of benzene rings is 1. The fourth-order valence-electron chi connectivity index (χ4n) is 4.23. The van der Waals surface area contributed by atoms with Crippen molar-refractivity contribution in [3.05, 3.63) is 69.5 Å². The maximum Gasteiger partial charge on any atom is 0.251 e. The lowest BCUT2D eigenvalue weighted by molar-refractivity contribution is 0.0951. The van der Waals surface area contributed by atoms with E-state index in [1.807, 2.05) is 57.3 Å². The van der Waals surface area contributed by atoms with Gasteiger partial charge in [-0.25, -0.2) is 4.98 Å². The number of aromatic nitrogens is 3. The largest absolute Gasteiger partial charge is 0.443 e. The van der Waals surface area contributed by atoms with Crippen molar-refractivity contribution >= 4 is 28.6 Å². The molecular formula is C28H29N7O2. The Morgan fingerprint density at radius 3 is 2.65 bits per heavy atom. The average molecular weight is 496 g/mol. The third-order valence-electron chi connectivity index (χ3n) is 6.42. The van der Waals surface area contributed by atoms with Gasteiger partial charge < -0.3 is 19.6 Å². The standard InChI is InChI=1S/C28H29N7O2/c1-16-11-21(18(3)35(16)28-23(15-30)17(2)19(4)37-28)12-22(14-29)26-32-24-8-7-20(13-25(24)33-26)27(36)31-9-10-34(5)6/h7-8,11-13H,9-10H2,1-6H3,(H,31,36)(H,32,33)/b22-12+. The summed E-state index contributed by atoms with van der Waals surface area (Å²) in [5.74, 6) is 1.42. The molecule has 37 heavy (non-hydrogen) atoms. The molecule has 0 aliphatic heterocycles. The molecule has 9 heteroatoms. The van der Waals surface area contributed by atoms with Gasteiger partial charge in [-0.1, -0.05) is 0 Å². The number of fused-ring (bicyclic) bond motifs is 1. The zero-order valence-corrected chi connectivity index (χ0v) is 21.9. The highest BCUT2D eigenvalue weighted by molar-refractivity contribution is 5.98. The van der Waals surface area contributed by atoms with E-state index in [-0.39, 0.29) is 5.91 Å². The molecule has 0 radical (unpaired) electrons. The van der Waals surface area contributed by atoms with E-state index in [0.29, 0.717) is 51.7 Å². The van der Waals surface area contributed by atoms with Crippen molar-refractivity contribution in [2.45, 2.75) is 27.7 Å². The van der Waals surface area contributed by atoms with Crippen molar-refractivity contribution in [1.82, 2.24) is 24.8 Å². The Morgan fingerprint density at radius 1 is 1.22 bits per heavy atom. The van der Waals surface area contributed by atoms with Crippen LogP contribution >= 0.6 is 0 Å². The Labute approximate surface area is 215 Å². The average Bonchev–Trinajstić information content (AvgIpc) is 3.49. The smallest absolute Gasteiger partial charge is 0.251 e. The van der Waals surface area contributed by atoms with Gasteiger partial charge >= 0.3 is 0 Å². The molecule has 3 heterocycles. The number of aryl methyl sites for hydroxylation is 2. The van der Waals surface area contributed by atoms with Gasteiger partial charge in [-0.3, -0.25) is 9.36 Å². The molecule has 0 unspecified atom stereocenters. The number of allylic oxidation sites excluding steroid dienone is 1. The van der Waals surface area contributed by atoms with Crippen molar-refractivity contribution in [2.75, 3.05) is 27.2 Å². The van der Waals surface area contributed by atoms with Crippen LogP contribution < -0.4 is 5.32 Å². The zero-order chi connectivity index (χ0) is 26.9. The molecule has 0 saturated heterocycles. The van der Waals surface area contributed by atoms with Gasteiger partial charge in [-0.2, -0.15) is 10.5 Å². The summed E-state index contributed by atoms with van der Waals surface area (Å²) in [5, 5.41) is 22.5. The summed E-state index contributed by atoms with van der Waals surface area (Å²) >= 11 is 0. The van der Waals surface area contributed by atoms with E-state index < -0.39 is 0 Å². The quantitative estimate of drug-likeness (QED) is 0.366. The summed E-state index contributed by atoms with van der Waals surface area (Å²) < 4.78 is 7.81. The van der Waals surface area contributed by atoms with Crippen molar-refractivity contribution < 1.29 is 9.21 Å². The first kappa shape index (κ1) is 25.5. The van der Waals surface area contributed by atoms with Crippen LogP contribution in [-0.4, -0.2) is 52.5 Å². The van der Waals surface area contributed by atoms with Crippen molar-refractivity contribution in [2.24, 2.45) is 0 Å². The molecule has 0 aliphatic rings. The molecule has 0 aliphatic carbocycles. The number of likely N-dealkylation sites (N-methyl/N-ethyl adjacent to an activating group) is 1. The fraction of sp³-hybridized carbons (Fsp3) is 0.286. The van der Waals surface area contributed by atoms with Crippen molar-refractivity contribution in [3.63, 3.8) is 0 Å². The number of amides is 1. The normalized spacial score (nSPS) is 11.6. The summed E-state index contributed by atoms with van der Waals surface area (Å²) in [6, 6.07) is 11.6. The molecule has 0 fully saturated rings. The third kappa shape index (κ3) is 4.90. The molecule has 0 saturated carbocycles. The molecule has 0 atom stereocenters. The second-order valence-corrected chi connectivity index (χ2v) is 9.28. The topological polar surface area (TPSA) is 127 Å². The number of rotatable bonds is 7. The number of H-pyrrole nitrogens is 1. The lowest BCUT2D eigenvalue weighted by Crippen LogP contribution is -2.31. The van der Waals surface area contributed by atoms with Crippen LogP contribution in [-0.2, 0) is 0 Å². The third-order valence-corrected chi connectivity index (χ3v) is 6.42. The Bertz CT molecular complexity index is 1620. The van der Waals surface area contributed by atoms with Gasteiger partial charge in [0, 0.05) is 35.6 Å². The van der Waals surface area contributed by atoms with E-state index in [2.05, 4.69) is 27.4 Å². The molecule has 188 valence electrons. The molecule has 4 aromatic rings. The molecule has 2 N–H and O–H groups in total. The maximum absolute atomic E-state index is 12.5. The zero-order valence-electron chi connectivity index (χ0n) is 21.9. The number of nitrogens with one attached hydrogen (secondary N) is 2. The minimum atomic E-state index is -0.163.